The number of piperidine rings is 1. The van der Waals surface area contributed by atoms with Crippen LogP contribution in [0.1, 0.15) is 18.5 Å². The third-order valence-corrected chi connectivity index (χ3v) is 4.57. The first-order chi connectivity index (χ1) is 13.2. The second-order valence-electron chi connectivity index (χ2n) is 6.43. The highest BCUT2D eigenvalue weighted by atomic mass is 16.5. The van der Waals surface area contributed by atoms with Crippen LogP contribution < -0.4 is 14.8 Å². The van der Waals surface area contributed by atoms with Gasteiger partial charge in [-0.25, -0.2) is 0 Å². The highest BCUT2D eigenvalue weighted by Gasteiger charge is 2.22. The average Bonchev–Trinajstić information content (AvgIpc) is 2.73. The molecule has 1 aromatic carbocycles. The molecular formula is C21H25N3O3. The van der Waals surface area contributed by atoms with Crippen molar-refractivity contribution in [2.45, 2.75) is 18.9 Å². The van der Waals surface area contributed by atoms with E-state index in [9.17, 15) is 4.79 Å². The molecule has 1 unspecified atom stereocenters. The van der Waals surface area contributed by atoms with Gasteiger partial charge in [0.2, 0.25) is 5.91 Å². The fraction of sp³-hybridized carbons (Fsp3) is 0.333. The maximum atomic E-state index is 12.5. The van der Waals surface area contributed by atoms with E-state index < -0.39 is 0 Å². The summed E-state index contributed by atoms with van der Waals surface area (Å²) >= 11 is 0. The van der Waals surface area contributed by atoms with Crippen molar-refractivity contribution in [3.05, 3.63) is 54.4 Å². The van der Waals surface area contributed by atoms with Gasteiger partial charge in [0.15, 0.2) is 11.5 Å². The van der Waals surface area contributed by atoms with E-state index >= 15 is 0 Å². The SMILES string of the molecule is COc1ccc(NC2CCCN(C(=O)/C=C/c3ccccn3)C2)cc1OC. The predicted molar refractivity (Wildman–Crippen MR) is 106 cm³/mol. The number of likely N-dealkylation sites (tertiary alicyclic amines) is 1. The van der Waals surface area contributed by atoms with Gasteiger partial charge in [-0.05, 0) is 43.2 Å². The molecule has 0 radical (unpaired) electrons. The highest BCUT2D eigenvalue weighted by Crippen LogP contribution is 2.30. The smallest absolute Gasteiger partial charge is 0.246 e. The summed E-state index contributed by atoms with van der Waals surface area (Å²) in [7, 11) is 3.24. The number of aromatic nitrogens is 1. The summed E-state index contributed by atoms with van der Waals surface area (Å²) in [5, 5.41) is 3.50. The molecule has 1 amide bonds. The van der Waals surface area contributed by atoms with E-state index in [4.69, 9.17) is 9.47 Å². The van der Waals surface area contributed by atoms with Crippen LogP contribution in [-0.4, -0.2) is 49.1 Å². The van der Waals surface area contributed by atoms with Crippen LogP contribution >= 0.6 is 0 Å². The lowest BCUT2D eigenvalue weighted by Crippen LogP contribution is -2.44. The van der Waals surface area contributed by atoms with Crippen molar-refractivity contribution in [2.75, 3.05) is 32.6 Å². The topological polar surface area (TPSA) is 63.7 Å². The van der Waals surface area contributed by atoms with Crippen LogP contribution in [0.3, 0.4) is 0 Å². The summed E-state index contributed by atoms with van der Waals surface area (Å²) in [6.07, 6.45) is 7.05. The highest BCUT2D eigenvalue weighted by molar-refractivity contribution is 5.91. The number of ether oxygens (including phenoxy) is 2. The van der Waals surface area contributed by atoms with Gasteiger partial charge >= 0.3 is 0 Å². The molecule has 0 aliphatic carbocycles. The van der Waals surface area contributed by atoms with Crippen molar-refractivity contribution >= 4 is 17.7 Å². The minimum Gasteiger partial charge on any atom is -0.493 e. The number of pyridine rings is 1. The Hall–Kier alpha value is -3.02. The average molecular weight is 367 g/mol. The third-order valence-electron chi connectivity index (χ3n) is 4.57. The van der Waals surface area contributed by atoms with E-state index in [1.807, 2.05) is 41.3 Å². The zero-order valence-corrected chi connectivity index (χ0v) is 15.7. The van der Waals surface area contributed by atoms with Crippen molar-refractivity contribution < 1.29 is 14.3 Å². The molecule has 6 nitrogen and oxygen atoms in total. The number of rotatable bonds is 6. The molecule has 142 valence electrons. The Balaban J connectivity index is 1.60. The molecule has 6 heteroatoms. The number of amides is 1. The van der Waals surface area contributed by atoms with Gasteiger partial charge in [0.05, 0.1) is 19.9 Å². The summed E-state index contributed by atoms with van der Waals surface area (Å²) in [5.74, 6) is 1.40. The van der Waals surface area contributed by atoms with Crippen LogP contribution in [0.4, 0.5) is 5.69 Å². The summed E-state index contributed by atoms with van der Waals surface area (Å²) < 4.78 is 10.6. The zero-order chi connectivity index (χ0) is 19.1. The van der Waals surface area contributed by atoms with E-state index in [2.05, 4.69) is 10.3 Å². The number of hydrogen-bond acceptors (Lipinski definition) is 5. The molecule has 1 atom stereocenters. The van der Waals surface area contributed by atoms with Crippen molar-refractivity contribution in [3.8, 4) is 11.5 Å². The fourth-order valence-electron chi connectivity index (χ4n) is 3.19. The lowest BCUT2D eigenvalue weighted by atomic mass is 10.0. The van der Waals surface area contributed by atoms with E-state index in [0.717, 1.165) is 30.8 Å². The van der Waals surface area contributed by atoms with Gasteiger partial charge in [-0.3, -0.25) is 9.78 Å². The van der Waals surface area contributed by atoms with E-state index in [1.165, 1.54) is 0 Å². The predicted octanol–water partition coefficient (Wildman–Crippen LogP) is 3.22. The summed E-state index contributed by atoms with van der Waals surface area (Å²) in [6, 6.07) is 11.6. The number of carbonyl (C=O) groups is 1. The van der Waals surface area contributed by atoms with Gasteiger partial charge in [-0.15, -0.1) is 0 Å². The van der Waals surface area contributed by atoms with Gasteiger partial charge in [-0.1, -0.05) is 6.07 Å². The standard InChI is InChI=1S/C21H25N3O3/c1-26-19-10-8-17(14-20(19)27-2)23-18-7-5-13-24(15-18)21(25)11-9-16-6-3-4-12-22-16/h3-4,6,8-12,14,18,23H,5,7,13,15H2,1-2H3/b11-9+. The molecule has 3 rings (SSSR count). The molecule has 2 aromatic rings. The molecular weight excluding hydrogens is 342 g/mol. The zero-order valence-electron chi connectivity index (χ0n) is 15.7. The Kier molecular flexibility index (Phi) is 6.30. The van der Waals surface area contributed by atoms with Crippen molar-refractivity contribution in [2.24, 2.45) is 0 Å². The first-order valence-electron chi connectivity index (χ1n) is 9.06. The Morgan fingerprint density at radius 3 is 2.81 bits per heavy atom. The molecule has 1 aromatic heterocycles. The van der Waals surface area contributed by atoms with Crippen LogP contribution in [0.15, 0.2) is 48.7 Å². The normalized spacial score (nSPS) is 17.0. The van der Waals surface area contributed by atoms with Gasteiger partial charge < -0.3 is 19.7 Å². The minimum atomic E-state index is 0.0134. The Morgan fingerprint density at radius 2 is 2.07 bits per heavy atom. The number of carbonyl (C=O) groups excluding carboxylic acids is 1. The molecule has 1 aliphatic heterocycles. The van der Waals surface area contributed by atoms with Crippen molar-refractivity contribution in [1.82, 2.24) is 9.88 Å². The fourth-order valence-corrected chi connectivity index (χ4v) is 3.19. The second-order valence-corrected chi connectivity index (χ2v) is 6.43. The Morgan fingerprint density at radius 1 is 1.22 bits per heavy atom. The first kappa shape index (κ1) is 18.8. The number of benzene rings is 1. The molecule has 0 spiro atoms. The molecule has 0 saturated carbocycles. The minimum absolute atomic E-state index is 0.0134. The van der Waals surface area contributed by atoms with Crippen LogP contribution in [0.2, 0.25) is 0 Å². The molecule has 1 aliphatic rings. The van der Waals surface area contributed by atoms with Crippen molar-refractivity contribution in [3.63, 3.8) is 0 Å². The summed E-state index contributed by atoms with van der Waals surface area (Å²) in [4.78, 5) is 18.6. The van der Waals surface area contributed by atoms with Crippen LogP contribution in [0.5, 0.6) is 11.5 Å². The van der Waals surface area contributed by atoms with Crippen molar-refractivity contribution in [1.29, 1.82) is 0 Å². The van der Waals surface area contributed by atoms with Gasteiger partial charge in [0.25, 0.3) is 0 Å². The van der Waals surface area contributed by atoms with E-state index in [0.29, 0.717) is 18.0 Å². The van der Waals surface area contributed by atoms with E-state index in [1.54, 1.807) is 32.6 Å². The number of nitrogens with zero attached hydrogens (tertiary/aromatic N) is 2. The van der Waals surface area contributed by atoms with Crippen LogP contribution in [-0.2, 0) is 4.79 Å². The monoisotopic (exact) mass is 367 g/mol. The number of hydrogen-bond donors (Lipinski definition) is 1. The summed E-state index contributed by atoms with van der Waals surface area (Å²) in [6.45, 7) is 1.44. The molecule has 2 heterocycles. The lowest BCUT2D eigenvalue weighted by Gasteiger charge is -2.33. The molecule has 1 N–H and O–H groups in total. The largest absolute Gasteiger partial charge is 0.493 e. The molecule has 1 fully saturated rings. The number of anilines is 1. The maximum Gasteiger partial charge on any atom is 0.246 e. The quantitative estimate of drug-likeness (QED) is 0.795. The second kappa shape index (κ2) is 9.07. The van der Waals surface area contributed by atoms with Crippen LogP contribution in [0.25, 0.3) is 6.08 Å². The first-order valence-corrected chi connectivity index (χ1v) is 9.06. The molecule has 1 saturated heterocycles. The number of nitrogens with one attached hydrogen (secondary N) is 1. The van der Waals surface area contributed by atoms with E-state index in [-0.39, 0.29) is 11.9 Å². The third kappa shape index (κ3) is 5.00. The Labute approximate surface area is 159 Å². The lowest BCUT2D eigenvalue weighted by molar-refractivity contribution is -0.126. The van der Waals surface area contributed by atoms with Crippen LogP contribution in [0, 0.1) is 0 Å². The van der Waals surface area contributed by atoms with Gasteiger partial charge in [-0.2, -0.15) is 0 Å². The Bertz CT molecular complexity index is 793. The maximum absolute atomic E-state index is 12.5. The summed E-state index contributed by atoms with van der Waals surface area (Å²) in [5.41, 5.74) is 1.74. The van der Waals surface area contributed by atoms with Gasteiger partial charge in [0.1, 0.15) is 0 Å². The molecule has 27 heavy (non-hydrogen) atoms. The number of methoxy groups -OCH3 is 2. The van der Waals surface area contributed by atoms with Gasteiger partial charge in [0, 0.05) is 43.2 Å². The molecule has 0 bridgehead atoms.